The maximum atomic E-state index is 13.1. The number of hydrogen-bond acceptors (Lipinski definition) is 5. The summed E-state index contributed by atoms with van der Waals surface area (Å²) in [6, 6.07) is 12.4. The number of nitrogens with one attached hydrogen (secondary N) is 2. The van der Waals surface area contributed by atoms with Gasteiger partial charge in [0.05, 0.1) is 22.6 Å². The van der Waals surface area contributed by atoms with Crippen molar-refractivity contribution in [3.63, 3.8) is 0 Å². The Morgan fingerprint density at radius 1 is 1.17 bits per heavy atom. The van der Waals surface area contributed by atoms with Crippen molar-refractivity contribution in [1.29, 1.82) is 0 Å². The van der Waals surface area contributed by atoms with Gasteiger partial charge in [-0.05, 0) is 30.3 Å². The van der Waals surface area contributed by atoms with Crippen molar-refractivity contribution in [2.75, 3.05) is 16.9 Å². The lowest BCUT2D eigenvalue weighted by molar-refractivity contribution is 0.0919. The number of rotatable bonds is 2. The molecule has 1 atom stereocenters. The largest absolute Gasteiger partial charge is 0.350 e. The van der Waals surface area contributed by atoms with Crippen LogP contribution in [0.2, 0.25) is 10.0 Å². The number of anilines is 2. The van der Waals surface area contributed by atoms with Crippen LogP contribution in [0.3, 0.4) is 0 Å². The van der Waals surface area contributed by atoms with E-state index in [1.165, 1.54) is 0 Å². The van der Waals surface area contributed by atoms with Crippen LogP contribution in [0.15, 0.2) is 47.5 Å². The minimum absolute atomic E-state index is 0.146. The zero-order chi connectivity index (χ0) is 16.7. The van der Waals surface area contributed by atoms with Gasteiger partial charge in [-0.3, -0.25) is 14.7 Å². The van der Waals surface area contributed by atoms with Crippen LogP contribution in [-0.2, 0) is 0 Å². The molecule has 24 heavy (non-hydrogen) atoms. The van der Waals surface area contributed by atoms with Crippen molar-refractivity contribution in [3.05, 3.63) is 58.1 Å². The fourth-order valence-electron chi connectivity index (χ4n) is 2.81. The zero-order valence-electron chi connectivity index (χ0n) is 12.4. The second-order valence-electron chi connectivity index (χ2n) is 5.39. The number of hydrogen-bond donors (Lipinski definition) is 2. The molecule has 0 fully saturated rings. The van der Waals surface area contributed by atoms with Gasteiger partial charge in [0, 0.05) is 10.7 Å². The molecule has 2 aliphatic rings. The predicted molar refractivity (Wildman–Crippen MR) is 95.5 cm³/mol. The standard InChI is InChI=1S/C16H13Cl2N5O/c17-10-5-6-14(12(18)7-10)23-15(24)11-3-1-2-4-13(11)21-16(23)22-9-19-8-20-22/h1-8,16,21H,9H2,(H,19,20). The number of halogens is 2. The molecule has 122 valence electrons. The summed E-state index contributed by atoms with van der Waals surface area (Å²) in [6.45, 7) is 0.412. The predicted octanol–water partition coefficient (Wildman–Crippen LogP) is 3.16. The van der Waals surface area contributed by atoms with E-state index in [0.717, 1.165) is 5.69 Å². The Hall–Kier alpha value is -2.28. The number of aliphatic imine (C=N–C) groups is 1. The Balaban J connectivity index is 1.82. The fourth-order valence-corrected chi connectivity index (χ4v) is 3.31. The van der Waals surface area contributed by atoms with Gasteiger partial charge in [0.15, 0.2) is 6.29 Å². The Bertz CT molecular complexity index is 833. The molecule has 0 saturated carbocycles. The van der Waals surface area contributed by atoms with E-state index in [4.69, 9.17) is 23.2 Å². The van der Waals surface area contributed by atoms with E-state index in [1.807, 2.05) is 18.2 Å². The van der Waals surface area contributed by atoms with Crippen LogP contribution in [0, 0.1) is 0 Å². The normalized spacial score (nSPS) is 19.8. The summed E-state index contributed by atoms with van der Waals surface area (Å²) in [7, 11) is 0. The molecular formula is C16H13Cl2N5O. The van der Waals surface area contributed by atoms with Gasteiger partial charge in [-0.1, -0.05) is 35.3 Å². The maximum absolute atomic E-state index is 13.1. The third-order valence-electron chi connectivity index (χ3n) is 3.92. The number of carbonyl (C=O) groups excluding carboxylic acids is 1. The van der Waals surface area contributed by atoms with Crippen LogP contribution in [0.4, 0.5) is 11.4 Å². The van der Waals surface area contributed by atoms with Gasteiger partial charge in [-0.25, -0.2) is 0 Å². The maximum Gasteiger partial charge on any atom is 0.263 e. The molecule has 4 rings (SSSR count). The summed E-state index contributed by atoms with van der Waals surface area (Å²) in [5, 5.41) is 6.08. The van der Waals surface area contributed by atoms with Gasteiger partial charge in [-0.15, -0.1) is 0 Å². The lowest BCUT2D eigenvalue weighted by Crippen LogP contribution is -2.60. The number of carbonyl (C=O) groups is 1. The molecule has 2 aromatic carbocycles. The lowest BCUT2D eigenvalue weighted by atomic mass is 10.1. The second-order valence-corrected chi connectivity index (χ2v) is 6.23. The minimum atomic E-state index is -0.478. The minimum Gasteiger partial charge on any atom is -0.350 e. The first-order chi connectivity index (χ1) is 11.6. The smallest absolute Gasteiger partial charge is 0.263 e. The van der Waals surface area contributed by atoms with Crippen LogP contribution in [0.25, 0.3) is 0 Å². The monoisotopic (exact) mass is 361 g/mol. The molecule has 0 aliphatic carbocycles. The summed E-state index contributed by atoms with van der Waals surface area (Å²) in [5.74, 6) is -0.146. The second kappa shape index (κ2) is 5.98. The third-order valence-corrected chi connectivity index (χ3v) is 4.46. The first kappa shape index (κ1) is 15.3. The molecule has 6 nitrogen and oxygen atoms in total. The molecule has 2 N–H and O–H groups in total. The molecule has 0 aromatic heterocycles. The topological polar surface area (TPSA) is 60.0 Å². The molecule has 8 heteroatoms. The van der Waals surface area contributed by atoms with E-state index in [1.54, 1.807) is 40.5 Å². The van der Waals surface area contributed by atoms with Crippen molar-refractivity contribution in [3.8, 4) is 0 Å². The van der Waals surface area contributed by atoms with Gasteiger partial charge in [0.1, 0.15) is 6.67 Å². The van der Waals surface area contributed by atoms with Crippen molar-refractivity contribution in [1.82, 2.24) is 10.4 Å². The van der Waals surface area contributed by atoms with Crippen LogP contribution in [0.5, 0.6) is 0 Å². The van der Waals surface area contributed by atoms with E-state index in [2.05, 4.69) is 15.7 Å². The zero-order valence-corrected chi connectivity index (χ0v) is 13.9. The van der Waals surface area contributed by atoms with Gasteiger partial charge < -0.3 is 10.7 Å². The molecule has 0 spiro atoms. The molecule has 2 heterocycles. The lowest BCUT2D eigenvalue weighted by Gasteiger charge is -2.41. The average Bonchev–Trinajstić information content (AvgIpc) is 3.10. The van der Waals surface area contributed by atoms with Crippen LogP contribution in [-0.4, -0.2) is 30.2 Å². The molecule has 1 amide bonds. The first-order valence-electron chi connectivity index (χ1n) is 7.30. The van der Waals surface area contributed by atoms with Gasteiger partial charge in [0.2, 0.25) is 0 Å². The van der Waals surface area contributed by atoms with Crippen LogP contribution in [0.1, 0.15) is 10.4 Å². The highest BCUT2D eigenvalue weighted by molar-refractivity contribution is 6.37. The van der Waals surface area contributed by atoms with E-state index < -0.39 is 6.29 Å². The molecule has 2 aliphatic heterocycles. The average molecular weight is 362 g/mol. The van der Waals surface area contributed by atoms with Crippen LogP contribution < -0.4 is 15.6 Å². The highest BCUT2D eigenvalue weighted by atomic mass is 35.5. The molecule has 1 unspecified atom stereocenters. The number of benzene rings is 2. The Kier molecular flexibility index (Phi) is 3.80. The number of hydrazine groups is 1. The molecule has 0 saturated heterocycles. The summed E-state index contributed by atoms with van der Waals surface area (Å²) >= 11 is 12.3. The summed E-state index contributed by atoms with van der Waals surface area (Å²) in [6.07, 6.45) is 1.11. The van der Waals surface area contributed by atoms with E-state index in [-0.39, 0.29) is 5.91 Å². The van der Waals surface area contributed by atoms with Crippen LogP contribution >= 0.6 is 23.2 Å². The Morgan fingerprint density at radius 2 is 2.00 bits per heavy atom. The van der Waals surface area contributed by atoms with E-state index in [0.29, 0.717) is 28.0 Å². The molecule has 2 aromatic rings. The number of amides is 1. The molecule has 0 bridgehead atoms. The van der Waals surface area contributed by atoms with E-state index in [9.17, 15) is 4.79 Å². The summed E-state index contributed by atoms with van der Waals surface area (Å²) in [5.41, 5.74) is 4.95. The van der Waals surface area contributed by atoms with Crippen molar-refractivity contribution >= 4 is 46.8 Å². The quantitative estimate of drug-likeness (QED) is 0.862. The van der Waals surface area contributed by atoms with Crippen molar-refractivity contribution in [2.24, 2.45) is 4.99 Å². The molecular weight excluding hydrogens is 349 g/mol. The summed E-state index contributed by atoms with van der Waals surface area (Å²) < 4.78 is 0. The highest BCUT2D eigenvalue weighted by Gasteiger charge is 2.38. The number of para-hydroxylation sites is 1. The van der Waals surface area contributed by atoms with Gasteiger partial charge in [0.25, 0.3) is 5.91 Å². The number of fused-ring (bicyclic) bond motifs is 1. The fraction of sp³-hybridized carbons (Fsp3) is 0.125. The highest BCUT2D eigenvalue weighted by Crippen LogP contribution is 2.35. The first-order valence-corrected chi connectivity index (χ1v) is 8.06. The third kappa shape index (κ3) is 2.49. The Morgan fingerprint density at radius 3 is 2.75 bits per heavy atom. The van der Waals surface area contributed by atoms with E-state index >= 15 is 0 Å². The summed E-state index contributed by atoms with van der Waals surface area (Å²) in [4.78, 5) is 18.9. The van der Waals surface area contributed by atoms with Crippen molar-refractivity contribution < 1.29 is 4.79 Å². The number of nitrogens with zero attached hydrogens (tertiary/aromatic N) is 3. The van der Waals surface area contributed by atoms with Crippen molar-refractivity contribution in [2.45, 2.75) is 6.29 Å². The Labute approximate surface area is 148 Å². The van der Waals surface area contributed by atoms with Gasteiger partial charge >= 0.3 is 0 Å². The SMILES string of the molecule is O=C1c2ccccc2NC(N2CN=CN2)N1c1ccc(Cl)cc1Cl. The van der Waals surface area contributed by atoms with Gasteiger partial charge in [-0.2, -0.15) is 5.01 Å². The molecule has 0 radical (unpaired) electrons.